The van der Waals surface area contributed by atoms with Gasteiger partial charge in [-0.25, -0.2) is 43.2 Å². The van der Waals surface area contributed by atoms with Crippen molar-refractivity contribution < 1.29 is 65.1 Å². The largest absolute Gasteiger partial charge is 0.389 e. The van der Waals surface area contributed by atoms with Crippen molar-refractivity contribution in [1.82, 2.24) is 39.0 Å². The van der Waals surface area contributed by atoms with Gasteiger partial charge in [0.2, 0.25) is 0 Å². The molecule has 0 spiro atoms. The molecule has 4 unspecified atom stereocenters. The Bertz CT molecular complexity index is 3760. The van der Waals surface area contributed by atoms with E-state index in [-0.39, 0.29) is 98.6 Å². The minimum absolute atomic E-state index is 0.00556. The summed E-state index contributed by atoms with van der Waals surface area (Å²) in [6.07, 6.45) is -7.76. The smallest absolute Gasteiger partial charge is 0.368 e. The molecule has 2 amide bonds. The summed E-state index contributed by atoms with van der Waals surface area (Å²) < 4.78 is 107. The van der Waals surface area contributed by atoms with E-state index in [0.29, 0.717) is 22.8 Å². The van der Waals surface area contributed by atoms with Crippen molar-refractivity contribution in [3.05, 3.63) is 189 Å². The monoisotopic (exact) mass is 1250 g/mol. The molecule has 14 bridgehead atoms. The number of alkyl halides is 2. The van der Waals surface area contributed by atoms with Gasteiger partial charge in [-0.2, -0.15) is 0 Å². The van der Waals surface area contributed by atoms with Gasteiger partial charge in [-0.05, 0) is 35.6 Å². The summed E-state index contributed by atoms with van der Waals surface area (Å²) in [6, 6.07) is 28.0. The summed E-state index contributed by atoms with van der Waals surface area (Å²) in [6.45, 7) is -10.8. The molecule has 3 saturated heterocycles. The number of halogens is 2. The number of hydrogen-bond donors (Lipinski definition) is 0. The summed E-state index contributed by atoms with van der Waals surface area (Å²) in [5.74, 6) is -1.75. The summed E-state index contributed by atoms with van der Waals surface area (Å²) >= 11 is 1.13. The number of fused-ring (bicyclic) bond motifs is 12. The van der Waals surface area contributed by atoms with Crippen molar-refractivity contribution in [2.45, 2.75) is 67.1 Å². The number of aromatic nitrogens is 8. The molecule has 10 atom stereocenters. The maximum absolute atomic E-state index is 17.9. The highest BCUT2D eigenvalue weighted by atomic mass is 32.7. The molecule has 0 N–H and O–H groups in total. The lowest BCUT2D eigenvalue weighted by atomic mass is 10.1. The second-order valence-corrected chi connectivity index (χ2v) is 28.4. The van der Waals surface area contributed by atoms with Gasteiger partial charge in [-0.15, -0.1) is 0 Å². The van der Waals surface area contributed by atoms with E-state index >= 15 is 17.9 Å². The molecule has 0 saturated carbocycles. The van der Waals surface area contributed by atoms with E-state index in [9.17, 15) is 29.8 Å². The quantitative estimate of drug-likeness (QED) is 0.0532. The van der Waals surface area contributed by atoms with E-state index in [0.717, 1.165) is 12.7 Å². The normalized spacial score (nSPS) is 26.6. The van der Waals surface area contributed by atoms with Gasteiger partial charge in [0.25, 0.3) is 29.8 Å². The topological polar surface area (TPSA) is 304 Å². The number of carbonyl (C=O) groups excluding carboxylic acids is 2. The van der Waals surface area contributed by atoms with E-state index < -0.39 is 104 Å². The van der Waals surface area contributed by atoms with Crippen molar-refractivity contribution in [1.29, 1.82) is 0 Å². The van der Waals surface area contributed by atoms with Crippen LogP contribution in [0.15, 0.2) is 147 Å². The van der Waals surface area contributed by atoms with Crippen LogP contribution >= 0.6 is 36.1 Å². The third kappa shape index (κ3) is 11.8. The third-order valence-electron chi connectivity index (χ3n) is 14.4. The van der Waals surface area contributed by atoms with Crippen LogP contribution in [0.5, 0.6) is 0 Å². The predicted octanol–water partition coefficient (Wildman–Crippen LogP) is 10.1. The summed E-state index contributed by atoms with van der Waals surface area (Å²) in [5.41, 5.74) is 0.123. The lowest BCUT2D eigenvalue weighted by Crippen LogP contribution is -2.35. The molecule has 5 aliphatic heterocycles. The molecule has 86 heavy (non-hydrogen) atoms. The van der Waals surface area contributed by atoms with Gasteiger partial charge in [-0.3, -0.25) is 57.8 Å². The molecule has 9 heterocycles. The number of amides is 2. The van der Waals surface area contributed by atoms with Gasteiger partial charge in [0.05, 0.1) is 41.8 Å². The van der Waals surface area contributed by atoms with Crippen LogP contribution in [0.25, 0.3) is 22.3 Å². The second kappa shape index (κ2) is 24.9. The van der Waals surface area contributed by atoms with Crippen LogP contribution in [-0.2, 0) is 48.4 Å². The molecule has 5 aliphatic rings. The van der Waals surface area contributed by atoms with Crippen molar-refractivity contribution in [3.63, 3.8) is 0 Å². The number of hydrogen-bond acceptors (Lipinski definition) is 22. The van der Waals surface area contributed by atoms with Crippen LogP contribution in [0.2, 0.25) is 0 Å². The highest BCUT2D eigenvalue weighted by Gasteiger charge is 2.54. The molecule has 4 aromatic heterocycles. The van der Waals surface area contributed by atoms with Crippen molar-refractivity contribution in [3.8, 4) is 0 Å². The maximum atomic E-state index is 17.9. The number of nitrogens with zero attached hydrogens (tertiary/aromatic N) is 12. The van der Waals surface area contributed by atoms with Crippen LogP contribution in [0.1, 0.15) is 50.7 Å². The fraction of sp³-hybridized carbons (Fsp3) is 0.296. The Kier molecular flexibility index (Phi) is 17.0. The molecule has 13 rings (SSSR count). The van der Waals surface area contributed by atoms with Crippen molar-refractivity contribution >= 4 is 93.3 Å². The molecular formula is C54H48F2N12O14P2S2. The van der Waals surface area contributed by atoms with Crippen LogP contribution in [0.3, 0.4) is 0 Å². The Morgan fingerprint density at radius 1 is 0.616 bits per heavy atom. The minimum atomic E-state index is -4.75. The van der Waals surface area contributed by atoms with Crippen molar-refractivity contribution in [2.75, 3.05) is 42.5 Å². The van der Waals surface area contributed by atoms with Crippen LogP contribution in [0, 0.1) is 20.2 Å². The number of anilines is 2. The first-order chi connectivity index (χ1) is 41.7. The first kappa shape index (κ1) is 58.6. The maximum Gasteiger partial charge on any atom is 0.389 e. The summed E-state index contributed by atoms with van der Waals surface area (Å²) in [7, 11) is 0. The van der Waals surface area contributed by atoms with Crippen LogP contribution in [-0.4, -0.2) is 130 Å². The molecule has 444 valence electrons. The van der Waals surface area contributed by atoms with Gasteiger partial charge in [0.1, 0.15) is 37.3 Å². The van der Waals surface area contributed by atoms with Gasteiger partial charge in [0.15, 0.2) is 58.8 Å². The lowest BCUT2D eigenvalue weighted by molar-refractivity contribution is -0.385. The molecule has 0 radical (unpaired) electrons. The molecule has 8 aromatic rings. The zero-order chi connectivity index (χ0) is 59.7. The highest BCUT2D eigenvalue weighted by Crippen LogP contribution is 2.66. The standard InChI is InChI=1S/C54H48F2N12O14P2S2/c55-41-45-39-21-24-78-84(76,86-27-36-18-8-10-20-38(36)68(73)74)82-46-40(25-77-32-83(75,81-45)85-26-35-17-7-9-19-37(35)67(71)72)80-54(42(46)56)66-31-62-44-48(58-29-60-50(44)66)64(52(70)34-15-5-2-6-16-34)23-12-11-22-63(51(69)33-13-3-1-4-14-33)47-43-49(59-28-57-47)65(30-61-43)53(41)79-39/h1-20,28-31,39-42,45-46,53-54H,21-27,32H2/b12-11+/t39-,40-,41-,42-,45-,46-,53?,54?,83?,84?/m1/s1. The average Bonchev–Trinajstić information content (AvgIpc) is 2.64. The van der Waals surface area contributed by atoms with E-state index in [4.69, 9.17) is 27.8 Å². The number of benzene rings is 4. The first-order valence-corrected chi connectivity index (χ1v) is 33.1. The number of para-hydroxylation sites is 2. The van der Waals surface area contributed by atoms with Crippen LogP contribution in [0.4, 0.5) is 31.8 Å². The molecule has 32 heteroatoms. The number of rotatable bonds is 10. The Labute approximate surface area is 494 Å². The zero-order valence-corrected chi connectivity index (χ0v) is 48.1. The Morgan fingerprint density at radius 2 is 1.09 bits per heavy atom. The van der Waals surface area contributed by atoms with Gasteiger partial charge < -0.3 is 23.3 Å². The Morgan fingerprint density at radius 3 is 1.62 bits per heavy atom. The first-order valence-electron chi connectivity index (χ1n) is 26.5. The van der Waals surface area contributed by atoms with Gasteiger partial charge >= 0.3 is 6.80 Å². The van der Waals surface area contributed by atoms with Gasteiger partial charge in [-0.1, -0.05) is 96.3 Å². The minimum Gasteiger partial charge on any atom is -0.368 e. The zero-order valence-electron chi connectivity index (χ0n) is 44.7. The van der Waals surface area contributed by atoms with E-state index in [1.54, 1.807) is 78.9 Å². The molecule has 0 aliphatic carbocycles. The lowest BCUT2D eigenvalue weighted by Gasteiger charge is -2.29. The van der Waals surface area contributed by atoms with Gasteiger partial charge in [0, 0.05) is 65.4 Å². The molecule has 4 aromatic carbocycles. The number of carbonyl (C=O) groups is 2. The average molecular weight is 1250 g/mol. The highest BCUT2D eigenvalue weighted by molar-refractivity contribution is 8.56. The fourth-order valence-corrected chi connectivity index (χ4v) is 17.4. The predicted molar refractivity (Wildman–Crippen MR) is 309 cm³/mol. The number of nitro benzene ring substituents is 2. The second-order valence-electron chi connectivity index (χ2n) is 19.7. The Balaban J connectivity index is 1.01. The number of ether oxygens (including phenoxy) is 3. The SMILES string of the molecule is O=C(c1ccccc1)N1C/C=C/CN(C(=O)c2ccccc2)c2ncnc3c2ncn3C2O[C@@H]3COCP(=O)(SCc4ccccc4[N+](=O)[O-])O[C@@H]4[C@@H](CCOP(=O)(SCc5ccccc5[N+](=O)[O-])O[C@H]3[C@H]2F)OC([C@@H]4F)n2cnc3c1ncnc32. The molecular weight excluding hydrogens is 1200 g/mol. The third-order valence-corrected chi connectivity index (χ3v) is 22.1. The Hall–Kier alpha value is -7.76. The fourth-order valence-electron chi connectivity index (χ4n) is 10.3. The molecule has 26 nitrogen and oxygen atoms in total. The molecule has 3 fully saturated rings. The van der Waals surface area contributed by atoms with E-state index in [1.807, 2.05) is 0 Å². The number of nitro groups is 2. The number of imidazole rings is 2. The van der Waals surface area contributed by atoms with E-state index in [1.165, 1.54) is 74.1 Å². The van der Waals surface area contributed by atoms with E-state index in [2.05, 4.69) is 29.9 Å². The van der Waals surface area contributed by atoms with Crippen molar-refractivity contribution in [2.24, 2.45) is 0 Å². The van der Waals surface area contributed by atoms with Crippen LogP contribution < -0.4 is 9.80 Å². The summed E-state index contributed by atoms with van der Waals surface area (Å²) in [5, 5.41) is 24.3. The summed E-state index contributed by atoms with van der Waals surface area (Å²) in [4.78, 5) is 82.1.